The van der Waals surface area contributed by atoms with Gasteiger partial charge in [0.05, 0.1) is 54.2 Å². The third kappa shape index (κ3) is 9.68. The lowest BCUT2D eigenvalue weighted by molar-refractivity contribution is -0.814. The summed E-state index contributed by atoms with van der Waals surface area (Å²) in [7, 11) is 7.32. The first-order valence-electron chi connectivity index (χ1n) is 11.2. The maximum atomic E-state index is 12.4. The second-order valence-corrected chi connectivity index (χ2v) is 9.45. The molecular formula is C26H38Br2N2O4. The molecule has 2 amide bonds. The average molecular weight is 602 g/mol. The van der Waals surface area contributed by atoms with E-state index in [-0.39, 0.29) is 68.0 Å². The number of aryl methyl sites for hydroxylation is 2. The van der Waals surface area contributed by atoms with Gasteiger partial charge in [0.2, 0.25) is 0 Å². The molecule has 0 aliphatic carbocycles. The second-order valence-electron chi connectivity index (χ2n) is 9.45. The van der Waals surface area contributed by atoms with Crippen molar-refractivity contribution in [3.05, 3.63) is 59.7 Å². The van der Waals surface area contributed by atoms with Gasteiger partial charge in [0.15, 0.2) is 0 Å². The Morgan fingerprint density at radius 1 is 0.618 bits per heavy atom. The number of likely N-dealkylation sites (N-methyl/N-ethyl adjacent to an activating group) is 2. The topological polar surface area (TPSA) is 74.6 Å². The number of carbonyl (C=O) groups is 2. The van der Waals surface area contributed by atoms with Crippen LogP contribution in [-0.4, -0.2) is 85.5 Å². The Balaban J connectivity index is 0.00000544. The van der Waals surface area contributed by atoms with Crippen LogP contribution in [0.5, 0.6) is 0 Å². The van der Waals surface area contributed by atoms with Gasteiger partial charge < -0.3 is 44.2 Å². The third-order valence-electron chi connectivity index (χ3n) is 6.16. The molecule has 2 rings (SSSR count). The van der Waals surface area contributed by atoms with Crippen molar-refractivity contribution in [1.82, 2.24) is 0 Å². The van der Waals surface area contributed by atoms with Crippen LogP contribution < -0.4 is 34.0 Å². The standard InChI is InChI=1S/C26H38N2O4.2BrH/c1-27(2,17-19-29)25(31)15-9-21-5-11-23(12-6-21)24-13-7-22(8-14-24)10-16-26(32)28(3,4)18-20-30;;/h5-8,11-14,29-30H,9-10,15-20H2,1-4H3;2*1H/q+2;;/p-2. The summed E-state index contributed by atoms with van der Waals surface area (Å²) >= 11 is 0. The zero-order valence-corrected chi connectivity index (χ0v) is 23.8. The van der Waals surface area contributed by atoms with E-state index < -0.39 is 0 Å². The van der Waals surface area contributed by atoms with Crippen molar-refractivity contribution in [2.24, 2.45) is 0 Å². The molecule has 0 aliphatic heterocycles. The summed E-state index contributed by atoms with van der Waals surface area (Å²) in [4.78, 5) is 24.7. The molecule has 2 aromatic rings. The lowest BCUT2D eigenvalue weighted by atomic mass is 9.99. The SMILES string of the molecule is C[N+](C)(CCO)C(=O)CCc1ccc(-c2ccc(CCC(=O)[N+](C)(C)CCO)cc2)cc1.[Br-].[Br-]. The first-order valence-corrected chi connectivity index (χ1v) is 11.2. The maximum absolute atomic E-state index is 12.4. The summed E-state index contributed by atoms with van der Waals surface area (Å²) in [5.41, 5.74) is 4.45. The molecule has 0 atom stereocenters. The number of hydrogen-bond donors (Lipinski definition) is 2. The van der Waals surface area contributed by atoms with Crippen molar-refractivity contribution < 1.29 is 62.7 Å². The van der Waals surface area contributed by atoms with E-state index in [0.29, 0.717) is 38.8 Å². The number of amides is 2. The number of halogens is 2. The van der Waals surface area contributed by atoms with Gasteiger partial charge in [0.1, 0.15) is 13.1 Å². The number of hydrogen-bond acceptors (Lipinski definition) is 4. The Morgan fingerprint density at radius 2 is 0.912 bits per heavy atom. The predicted molar refractivity (Wildman–Crippen MR) is 127 cm³/mol. The Labute approximate surface area is 224 Å². The van der Waals surface area contributed by atoms with Crippen LogP contribution in [-0.2, 0) is 22.4 Å². The number of aliphatic hydroxyl groups excluding tert-OH is 2. The van der Waals surface area contributed by atoms with E-state index in [2.05, 4.69) is 48.5 Å². The van der Waals surface area contributed by atoms with Gasteiger partial charge in [0.25, 0.3) is 0 Å². The summed E-state index contributed by atoms with van der Waals surface area (Å²) < 4.78 is 0.398. The lowest BCUT2D eigenvalue weighted by Gasteiger charge is -2.25. The molecule has 6 nitrogen and oxygen atoms in total. The van der Waals surface area contributed by atoms with Gasteiger partial charge in [-0.1, -0.05) is 48.5 Å². The molecule has 0 unspecified atom stereocenters. The minimum atomic E-state index is 0. The Hall–Kier alpha value is -1.42. The fourth-order valence-corrected chi connectivity index (χ4v) is 3.58. The Morgan fingerprint density at radius 3 is 1.18 bits per heavy atom. The Bertz CT molecular complexity index is 823. The highest BCUT2D eigenvalue weighted by molar-refractivity contribution is 5.70. The van der Waals surface area contributed by atoms with Crippen LogP contribution >= 0.6 is 0 Å². The first-order chi connectivity index (χ1) is 15.1. The molecule has 34 heavy (non-hydrogen) atoms. The summed E-state index contributed by atoms with van der Waals surface area (Å²) in [6.45, 7) is 0.871. The van der Waals surface area contributed by atoms with Crippen LogP contribution in [0, 0.1) is 0 Å². The molecule has 0 saturated carbocycles. The van der Waals surface area contributed by atoms with Gasteiger partial charge in [-0.25, -0.2) is 9.59 Å². The van der Waals surface area contributed by atoms with Crippen molar-refractivity contribution >= 4 is 11.8 Å². The highest BCUT2D eigenvalue weighted by Gasteiger charge is 2.25. The Kier molecular flexibility index (Phi) is 14.2. The van der Waals surface area contributed by atoms with Crippen molar-refractivity contribution in [1.29, 1.82) is 0 Å². The molecule has 0 bridgehead atoms. The average Bonchev–Trinajstić information content (AvgIpc) is 2.76. The summed E-state index contributed by atoms with van der Waals surface area (Å²) in [5.74, 6) is 0.242. The van der Waals surface area contributed by atoms with E-state index in [0.717, 1.165) is 22.3 Å². The van der Waals surface area contributed by atoms with Gasteiger partial charge in [-0.05, 0) is 35.1 Å². The van der Waals surface area contributed by atoms with E-state index in [1.165, 1.54) is 0 Å². The van der Waals surface area contributed by atoms with Crippen molar-refractivity contribution in [2.45, 2.75) is 25.7 Å². The van der Waals surface area contributed by atoms with E-state index in [9.17, 15) is 9.59 Å². The van der Waals surface area contributed by atoms with Crippen molar-refractivity contribution in [3.63, 3.8) is 0 Å². The smallest absolute Gasteiger partial charge is 0.313 e. The van der Waals surface area contributed by atoms with Gasteiger partial charge >= 0.3 is 11.8 Å². The van der Waals surface area contributed by atoms with Crippen LogP contribution in [0.4, 0.5) is 0 Å². The largest absolute Gasteiger partial charge is 1.00 e. The molecule has 0 radical (unpaired) electrons. The number of aliphatic hydroxyl groups is 2. The zero-order chi connectivity index (χ0) is 23.8. The van der Waals surface area contributed by atoms with Gasteiger partial charge in [0, 0.05) is 0 Å². The summed E-state index contributed by atoms with van der Waals surface area (Å²) in [6.07, 6.45) is 2.27. The molecule has 2 N–H and O–H groups in total. The van der Waals surface area contributed by atoms with E-state index in [1.54, 1.807) is 0 Å². The number of nitrogens with zero attached hydrogens (tertiary/aromatic N) is 2. The molecule has 0 spiro atoms. The third-order valence-corrected chi connectivity index (χ3v) is 6.16. The quantitative estimate of drug-likeness (QED) is 0.261. The van der Waals surface area contributed by atoms with Gasteiger partial charge in [-0.2, -0.15) is 0 Å². The molecule has 0 heterocycles. The fraction of sp³-hybridized carbons (Fsp3) is 0.462. The lowest BCUT2D eigenvalue weighted by Crippen LogP contribution is -3.00. The zero-order valence-electron chi connectivity index (χ0n) is 20.6. The fourth-order valence-electron chi connectivity index (χ4n) is 3.58. The number of benzene rings is 2. The van der Waals surface area contributed by atoms with Crippen LogP contribution in [0.3, 0.4) is 0 Å². The van der Waals surface area contributed by atoms with E-state index in [4.69, 9.17) is 10.2 Å². The molecule has 0 aliphatic rings. The molecular weight excluding hydrogens is 564 g/mol. The molecule has 0 aromatic heterocycles. The minimum Gasteiger partial charge on any atom is -1.00 e. The van der Waals surface area contributed by atoms with Crippen LogP contribution in [0.2, 0.25) is 0 Å². The maximum Gasteiger partial charge on any atom is 0.313 e. The number of quaternary nitrogens is 2. The van der Waals surface area contributed by atoms with Gasteiger partial charge in [-0.15, -0.1) is 0 Å². The van der Waals surface area contributed by atoms with Crippen LogP contribution in [0.1, 0.15) is 24.0 Å². The number of rotatable bonds is 11. The van der Waals surface area contributed by atoms with E-state index in [1.807, 2.05) is 28.2 Å². The summed E-state index contributed by atoms with van der Waals surface area (Å²) in [5, 5.41) is 18.2. The normalized spacial score (nSPS) is 11.4. The number of carbonyl (C=O) groups excluding carboxylic acids is 2. The highest BCUT2D eigenvalue weighted by atomic mass is 79.9. The first kappa shape index (κ1) is 32.6. The molecule has 0 fully saturated rings. The van der Waals surface area contributed by atoms with Crippen LogP contribution in [0.15, 0.2) is 48.5 Å². The monoisotopic (exact) mass is 600 g/mol. The highest BCUT2D eigenvalue weighted by Crippen LogP contribution is 2.22. The molecule has 190 valence electrons. The van der Waals surface area contributed by atoms with E-state index >= 15 is 0 Å². The second kappa shape index (κ2) is 14.9. The predicted octanol–water partition coefficient (Wildman–Crippen LogP) is -3.58. The van der Waals surface area contributed by atoms with Crippen LogP contribution in [0.25, 0.3) is 11.1 Å². The molecule has 0 saturated heterocycles. The summed E-state index contributed by atoms with van der Waals surface area (Å²) in [6, 6.07) is 16.5. The van der Waals surface area contributed by atoms with Gasteiger partial charge in [-0.3, -0.25) is 8.97 Å². The minimum absolute atomic E-state index is 0. The van der Waals surface area contributed by atoms with Crippen molar-refractivity contribution in [3.8, 4) is 11.1 Å². The van der Waals surface area contributed by atoms with Crippen molar-refractivity contribution in [2.75, 3.05) is 54.5 Å². The molecule has 2 aromatic carbocycles. The molecule has 8 heteroatoms.